The van der Waals surface area contributed by atoms with Crippen molar-refractivity contribution in [3.63, 3.8) is 0 Å². The highest BCUT2D eigenvalue weighted by Gasteiger charge is 2.34. The van der Waals surface area contributed by atoms with Gasteiger partial charge in [0.15, 0.2) is 0 Å². The first kappa shape index (κ1) is 13.1. The first-order valence-electron chi connectivity index (χ1n) is 5.59. The summed E-state index contributed by atoms with van der Waals surface area (Å²) in [6, 6.07) is 6.70. The van der Waals surface area contributed by atoms with Gasteiger partial charge in [-0.2, -0.15) is 0 Å². The number of ether oxygens (including phenoxy) is 1. The maximum Gasteiger partial charge on any atom is 0.128 e. The molecular weight excluding hydrogens is 205 g/mol. The van der Waals surface area contributed by atoms with Crippen LogP contribution in [0.15, 0.2) is 24.3 Å². The van der Waals surface area contributed by atoms with Crippen molar-refractivity contribution in [2.45, 2.75) is 25.8 Å². The average Bonchev–Trinajstić information content (AvgIpc) is 2.29. The Morgan fingerprint density at radius 2 is 2.06 bits per heavy atom. The van der Waals surface area contributed by atoms with Gasteiger partial charge in [0.1, 0.15) is 5.82 Å². The minimum atomic E-state index is -0.665. The van der Waals surface area contributed by atoms with Crippen molar-refractivity contribution in [3.05, 3.63) is 35.6 Å². The summed E-state index contributed by atoms with van der Waals surface area (Å²) >= 11 is 0. The summed E-state index contributed by atoms with van der Waals surface area (Å²) in [5.41, 5.74) is 6.24. The van der Waals surface area contributed by atoms with E-state index in [1.807, 2.05) is 19.9 Å². The van der Waals surface area contributed by atoms with Crippen molar-refractivity contribution in [1.29, 1.82) is 0 Å². The largest absolute Gasteiger partial charge is 0.384 e. The Kier molecular flexibility index (Phi) is 4.44. The normalized spacial score (nSPS) is 16.8. The van der Waals surface area contributed by atoms with Crippen LogP contribution in [0, 0.1) is 11.7 Å². The molecule has 0 radical (unpaired) electrons. The van der Waals surface area contributed by atoms with E-state index in [0.29, 0.717) is 18.6 Å². The topological polar surface area (TPSA) is 35.2 Å². The lowest BCUT2D eigenvalue weighted by Gasteiger charge is -2.35. The summed E-state index contributed by atoms with van der Waals surface area (Å²) in [5, 5.41) is 0. The van der Waals surface area contributed by atoms with E-state index in [1.165, 1.54) is 6.07 Å². The fourth-order valence-electron chi connectivity index (χ4n) is 2.04. The van der Waals surface area contributed by atoms with E-state index in [9.17, 15) is 4.39 Å². The third kappa shape index (κ3) is 2.42. The van der Waals surface area contributed by atoms with Crippen LogP contribution in [0.25, 0.3) is 0 Å². The summed E-state index contributed by atoms with van der Waals surface area (Å²) in [4.78, 5) is 0. The van der Waals surface area contributed by atoms with Crippen LogP contribution in [0.3, 0.4) is 0 Å². The summed E-state index contributed by atoms with van der Waals surface area (Å²) in [7, 11) is 1.63. The monoisotopic (exact) mass is 225 g/mol. The van der Waals surface area contributed by atoms with Crippen LogP contribution in [0.5, 0.6) is 0 Å². The van der Waals surface area contributed by atoms with Crippen LogP contribution in [0.1, 0.15) is 25.8 Å². The number of hydrogen-bond acceptors (Lipinski definition) is 2. The molecule has 0 amide bonds. The lowest BCUT2D eigenvalue weighted by molar-refractivity contribution is 0.110. The molecule has 1 rings (SSSR count). The van der Waals surface area contributed by atoms with Crippen LogP contribution >= 0.6 is 0 Å². The predicted octanol–water partition coefficient (Wildman–Crippen LogP) is 2.67. The predicted molar refractivity (Wildman–Crippen MR) is 63.6 cm³/mol. The Hall–Kier alpha value is -0.930. The maximum absolute atomic E-state index is 13.8. The Balaban J connectivity index is 3.09. The highest BCUT2D eigenvalue weighted by atomic mass is 19.1. The van der Waals surface area contributed by atoms with Crippen LogP contribution < -0.4 is 5.73 Å². The van der Waals surface area contributed by atoms with Crippen molar-refractivity contribution >= 4 is 0 Å². The summed E-state index contributed by atoms with van der Waals surface area (Å²) in [6.07, 6.45) is 0.679. The van der Waals surface area contributed by atoms with Crippen LogP contribution in [-0.4, -0.2) is 13.7 Å². The molecule has 90 valence electrons. The molecule has 0 aliphatic rings. The van der Waals surface area contributed by atoms with E-state index < -0.39 is 5.54 Å². The minimum Gasteiger partial charge on any atom is -0.384 e. The van der Waals surface area contributed by atoms with E-state index in [4.69, 9.17) is 10.5 Å². The Morgan fingerprint density at radius 1 is 1.44 bits per heavy atom. The molecule has 1 aromatic rings. The second-order valence-corrected chi connectivity index (χ2v) is 4.23. The lowest BCUT2D eigenvalue weighted by Crippen LogP contribution is -2.45. The third-order valence-electron chi connectivity index (χ3n) is 3.26. The molecule has 0 fully saturated rings. The molecule has 1 aromatic carbocycles. The Bertz CT molecular complexity index is 342. The average molecular weight is 225 g/mol. The van der Waals surface area contributed by atoms with Gasteiger partial charge in [0.25, 0.3) is 0 Å². The smallest absolute Gasteiger partial charge is 0.128 e. The number of halogens is 1. The molecule has 0 saturated carbocycles. The van der Waals surface area contributed by atoms with E-state index in [-0.39, 0.29) is 11.7 Å². The third-order valence-corrected chi connectivity index (χ3v) is 3.26. The first-order valence-corrected chi connectivity index (χ1v) is 5.59. The summed E-state index contributed by atoms with van der Waals surface area (Å²) < 4.78 is 18.9. The highest BCUT2D eigenvalue weighted by Crippen LogP contribution is 2.32. The first-order chi connectivity index (χ1) is 7.56. The molecule has 2 N–H and O–H groups in total. The zero-order valence-electron chi connectivity index (χ0n) is 10.2. The van der Waals surface area contributed by atoms with Crippen LogP contribution in [-0.2, 0) is 10.3 Å². The fraction of sp³-hybridized carbons (Fsp3) is 0.538. The van der Waals surface area contributed by atoms with Crippen LogP contribution in [0.4, 0.5) is 4.39 Å². The van der Waals surface area contributed by atoms with E-state index in [1.54, 1.807) is 19.2 Å². The van der Waals surface area contributed by atoms with Gasteiger partial charge in [-0.3, -0.25) is 0 Å². The molecule has 3 heteroatoms. The molecular formula is C13H20FNO. The highest BCUT2D eigenvalue weighted by molar-refractivity contribution is 5.26. The van der Waals surface area contributed by atoms with Gasteiger partial charge in [-0.15, -0.1) is 0 Å². The molecule has 0 aliphatic heterocycles. The van der Waals surface area contributed by atoms with Crippen molar-refractivity contribution in [1.82, 2.24) is 0 Å². The number of rotatable bonds is 5. The molecule has 0 aliphatic carbocycles. The van der Waals surface area contributed by atoms with Gasteiger partial charge >= 0.3 is 0 Å². The van der Waals surface area contributed by atoms with Gasteiger partial charge in [-0.05, 0) is 12.5 Å². The standard InChI is InChI=1S/C13H20FNO/c1-4-13(15,10(2)9-16-3)11-7-5-6-8-12(11)14/h5-8,10H,4,9,15H2,1-3H3. The number of benzene rings is 1. The van der Waals surface area contributed by atoms with E-state index in [0.717, 1.165) is 0 Å². The molecule has 2 nitrogen and oxygen atoms in total. The van der Waals surface area contributed by atoms with Gasteiger partial charge in [0.2, 0.25) is 0 Å². The number of nitrogens with two attached hydrogens (primary N) is 1. The van der Waals surface area contributed by atoms with E-state index >= 15 is 0 Å². The SMILES string of the molecule is CCC(N)(c1ccccc1F)C(C)COC. The lowest BCUT2D eigenvalue weighted by atomic mass is 9.78. The molecule has 0 saturated heterocycles. The molecule has 16 heavy (non-hydrogen) atoms. The fourth-order valence-corrected chi connectivity index (χ4v) is 2.04. The van der Waals surface area contributed by atoms with Crippen molar-refractivity contribution in [2.75, 3.05) is 13.7 Å². The minimum absolute atomic E-state index is 0.0689. The zero-order chi connectivity index (χ0) is 12.2. The van der Waals surface area contributed by atoms with Gasteiger partial charge in [-0.1, -0.05) is 32.0 Å². The van der Waals surface area contributed by atoms with Gasteiger partial charge in [0, 0.05) is 24.1 Å². The van der Waals surface area contributed by atoms with Gasteiger partial charge in [-0.25, -0.2) is 4.39 Å². The summed E-state index contributed by atoms with van der Waals surface area (Å²) in [5.74, 6) is -0.172. The molecule has 0 heterocycles. The zero-order valence-corrected chi connectivity index (χ0v) is 10.2. The van der Waals surface area contributed by atoms with Crippen molar-refractivity contribution in [3.8, 4) is 0 Å². The van der Waals surface area contributed by atoms with Crippen LogP contribution in [0.2, 0.25) is 0 Å². The molecule has 2 unspecified atom stereocenters. The molecule has 2 atom stereocenters. The second-order valence-electron chi connectivity index (χ2n) is 4.23. The van der Waals surface area contributed by atoms with E-state index in [2.05, 4.69) is 0 Å². The second kappa shape index (κ2) is 5.41. The maximum atomic E-state index is 13.8. The van der Waals surface area contributed by atoms with Gasteiger partial charge < -0.3 is 10.5 Å². The summed E-state index contributed by atoms with van der Waals surface area (Å²) in [6.45, 7) is 4.48. The number of methoxy groups -OCH3 is 1. The molecule has 0 bridgehead atoms. The Labute approximate surface area is 96.6 Å². The quantitative estimate of drug-likeness (QED) is 0.836. The molecule has 0 spiro atoms. The Morgan fingerprint density at radius 3 is 2.56 bits per heavy atom. The van der Waals surface area contributed by atoms with Gasteiger partial charge in [0.05, 0.1) is 6.61 Å². The van der Waals surface area contributed by atoms with Crippen molar-refractivity contribution < 1.29 is 9.13 Å². The van der Waals surface area contributed by atoms with Crippen molar-refractivity contribution in [2.24, 2.45) is 11.7 Å². The molecule has 0 aromatic heterocycles. The number of hydrogen-bond donors (Lipinski definition) is 1.